The van der Waals surface area contributed by atoms with Crippen LogP contribution < -0.4 is 5.32 Å². The van der Waals surface area contributed by atoms with Crippen LogP contribution in [0, 0.1) is 5.92 Å². The Hall–Kier alpha value is -0.0400. The first-order valence-corrected chi connectivity index (χ1v) is 5.68. The molecule has 70 valence electrons. The van der Waals surface area contributed by atoms with Gasteiger partial charge in [-0.05, 0) is 31.7 Å². The summed E-state index contributed by atoms with van der Waals surface area (Å²) in [6, 6.07) is 0.896. The Bertz CT molecular complexity index is 107. The molecule has 0 aromatic rings. The molecule has 2 bridgehead atoms. The minimum absolute atomic E-state index is 0.896. The SMILES string of the molecule is C1CCCNC2CC(CCC1)C2. The molecule has 2 aliphatic heterocycles. The largest absolute Gasteiger partial charge is 0.314 e. The van der Waals surface area contributed by atoms with Crippen molar-refractivity contribution in [3.63, 3.8) is 0 Å². The van der Waals surface area contributed by atoms with Gasteiger partial charge in [0.15, 0.2) is 0 Å². The van der Waals surface area contributed by atoms with Crippen LogP contribution >= 0.6 is 0 Å². The third kappa shape index (κ3) is 2.22. The second-order valence-electron chi connectivity index (χ2n) is 4.54. The molecule has 3 rings (SSSR count). The van der Waals surface area contributed by atoms with Crippen molar-refractivity contribution >= 4 is 0 Å². The van der Waals surface area contributed by atoms with Crippen molar-refractivity contribution < 1.29 is 0 Å². The van der Waals surface area contributed by atoms with Crippen molar-refractivity contribution in [3.8, 4) is 0 Å². The van der Waals surface area contributed by atoms with Gasteiger partial charge in [0, 0.05) is 6.04 Å². The summed E-state index contributed by atoms with van der Waals surface area (Å²) in [4.78, 5) is 0. The number of hydrogen-bond acceptors (Lipinski definition) is 1. The molecule has 1 aliphatic carbocycles. The zero-order valence-corrected chi connectivity index (χ0v) is 8.02. The Kier molecular flexibility index (Phi) is 3.04. The standard InChI is InChI=1S/C11H21N/c1-2-4-6-10-8-11(9-10)12-7-5-3-1/h10-12H,1-9H2. The second-order valence-corrected chi connectivity index (χ2v) is 4.54. The fourth-order valence-corrected chi connectivity index (χ4v) is 2.53. The Morgan fingerprint density at radius 1 is 0.833 bits per heavy atom. The van der Waals surface area contributed by atoms with Crippen molar-refractivity contribution in [1.82, 2.24) is 5.32 Å². The van der Waals surface area contributed by atoms with Crippen LogP contribution in [0.15, 0.2) is 0 Å². The van der Waals surface area contributed by atoms with Crippen LogP contribution in [0.5, 0.6) is 0 Å². The highest BCUT2D eigenvalue weighted by atomic mass is 14.9. The van der Waals surface area contributed by atoms with E-state index in [1.807, 2.05) is 0 Å². The fraction of sp³-hybridized carbons (Fsp3) is 1.00. The van der Waals surface area contributed by atoms with Gasteiger partial charge >= 0.3 is 0 Å². The third-order valence-corrected chi connectivity index (χ3v) is 3.46. The van der Waals surface area contributed by atoms with Crippen LogP contribution in [-0.2, 0) is 0 Å². The van der Waals surface area contributed by atoms with Crippen LogP contribution in [0.3, 0.4) is 0 Å². The minimum Gasteiger partial charge on any atom is -0.314 e. The lowest BCUT2D eigenvalue weighted by atomic mass is 9.77. The van der Waals surface area contributed by atoms with Gasteiger partial charge < -0.3 is 5.32 Å². The molecule has 1 saturated carbocycles. The van der Waals surface area contributed by atoms with E-state index >= 15 is 0 Å². The smallest absolute Gasteiger partial charge is 0.00723 e. The fourth-order valence-electron chi connectivity index (χ4n) is 2.53. The molecule has 3 aliphatic rings. The van der Waals surface area contributed by atoms with Crippen LogP contribution in [-0.4, -0.2) is 12.6 Å². The van der Waals surface area contributed by atoms with Crippen LogP contribution in [0.4, 0.5) is 0 Å². The predicted octanol–water partition coefficient (Wildman–Crippen LogP) is 2.71. The molecule has 0 aromatic carbocycles. The Morgan fingerprint density at radius 3 is 2.50 bits per heavy atom. The van der Waals surface area contributed by atoms with Crippen LogP contribution in [0.1, 0.15) is 51.4 Å². The number of rotatable bonds is 0. The summed E-state index contributed by atoms with van der Waals surface area (Å²) >= 11 is 0. The molecular formula is C11H21N. The van der Waals surface area contributed by atoms with Crippen molar-refractivity contribution in [1.29, 1.82) is 0 Å². The second kappa shape index (κ2) is 4.27. The van der Waals surface area contributed by atoms with Gasteiger partial charge in [0.05, 0.1) is 0 Å². The topological polar surface area (TPSA) is 12.0 Å². The van der Waals surface area contributed by atoms with E-state index in [4.69, 9.17) is 0 Å². The Labute approximate surface area is 75.9 Å². The number of hydrogen-bond donors (Lipinski definition) is 1. The molecule has 0 spiro atoms. The van der Waals surface area contributed by atoms with Gasteiger partial charge in [0.25, 0.3) is 0 Å². The molecule has 3 fully saturated rings. The van der Waals surface area contributed by atoms with E-state index in [0.29, 0.717) is 0 Å². The first-order chi connectivity index (χ1) is 5.95. The highest BCUT2D eigenvalue weighted by molar-refractivity contribution is 4.85. The molecule has 12 heavy (non-hydrogen) atoms. The molecule has 0 aromatic heterocycles. The highest BCUT2D eigenvalue weighted by Crippen LogP contribution is 2.32. The Morgan fingerprint density at radius 2 is 1.58 bits per heavy atom. The summed E-state index contributed by atoms with van der Waals surface area (Å²) in [6.07, 6.45) is 11.8. The molecule has 1 heteroatoms. The Balaban J connectivity index is 1.73. The molecule has 2 saturated heterocycles. The highest BCUT2D eigenvalue weighted by Gasteiger charge is 2.27. The lowest BCUT2D eigenvalue weighted by Gasteiger charge is -2.36. The average molecular weight is 167 g/mol. The minimum atomic E-state index is 0.896. The number of nitrogens with one attached hydrogen (secondary N) is 1. The van der Waals surface area contributed by atoms with Crippen LogP contribution in [0.2, 0.25) is 0 Å². The van der Waals surface area contributed by atoms with E-state index in [2.05, 4.69) is 5.32 Å². The first-order valence-electron chi connectivity index (χ1n) is 5.68. The van der Waals surface area contributed by atoms with E-state index < -0.39 is 0 Å². The van der Waals surface area contributed by atoms with E-state index in [1.165, 1.54) is 57.9 Å². The predicted molar refractivity (Wildman–Crippen MR) is 52.2 cm³/mol. The van der Waals surface area contributed by atoms with E-state index in [1.54, 1.807) is 0 Å². The first kappa shape index (κ1) is 8.55. The normalized spacial score (nSPS) is 38.0. The van der Waals surface area contributed by atoms with Gasteiger partial charge in [-0.25, -0.2) is 0 Å². The summed E-state index contributed by atoms with van der Waals surface area (Å²) < 4.78 is 0. The molecule has 1 N–H and O–H groups in total. The molecule has 2 heterocycles. The zero-order chi connectivity index (χ0) is 8.23. The van der Waals surface area contributed by atoms with E-state index in [-0.39, 0.29) is 0 Å². The molecule has 0 atom stereocenters. The quantitative estimate of drug-likeness (QED) is 0.585. The van der Waals surface area contributed by atoms with Crippen molar-refractivity contribution in [2.24, 2.45) is 5.92 Å². The summed E-state index contributed by atoms with van der Waals surface area (Å²) in [5.41, 5.74) is 0. The van der Waals surface area contributed by atoms with E-state index in [9.17, 15) is 0 Å². The van der Waals surface area contributed by atoms with Gasteiger partial charge in [-0.2, -0.15) is 0 Å². The maximum Gasteiger partial charge on any atom is 0.00723 e. The lowest BCUT2D eigenvalue weighted by molar-refractivity contribution is 0.209. The lowest BCUT2D eigenvalue weighted by Crippen LogP contribution is -2.41. The summed E-state index contributed by atoms with van der Waals surface area (Å²) in [7, 11) is 0. The van der Waals surface area contributed by atoms with Crippen molar-refractivity contribution in [3.05, 3.63) is 0 Å². The van der Waals surface area contributed by atoms with Gasteiger partial charge in [0.2, 0.25) is 0 Å². The maximum absolute atomic E-state index is 3.65. The third-order valence-electron chi connectivity index (χ3n) is 3.46. The van der Waals surface area contributed by atoms with E-state index in [0.717, 1.165) is 12.0 Å². The molecule has 0 unspecified atom stereocenters. The summed E-state index contributed by atoms with van der Waals surface area (Å²) in [5, 5.41) is 3.65. The van der Waals surface area contributed by atoms with Crippen molar-refractivity contribution in [2.75, 3.05) is 6.54 Å². The summed E-state index contributed by atoms with van der Waals surface area (Å²) in [6.45, 7) is 1.28. The molecule has 1 nitrogen and oxygen atoms in total. The van der Waals surface area contributed by atoms with Gasteiger partial charge in [-0.1, -0.05) is 32.1 Å². The van der Waals surface area contributed by atoms with Crippen LogP contribution in [0.25, 0.3) is 0 Å². The maximum atomic E-state index is 3.65. The molecular weight excluding hydrogens is 146 g/mol. The molecule has 0 radical (unpaired) electrons. The molecule has 0 amide bonds. The summed E-state index contributed by atoms with van der Waals surface area (Å²) in [5.74, 6) is 1.08. The average Bonchev–Trinajstić information content (AvgIpc) is 2.07. The number of fused-ring (bicyclic) bond motifs is 7. The van der Waals surface area contributed by atoms with Gasteiger partial charge in [-0.15, -0.1) is 0 Å². The zero-order valence-electron chi connectivity index (χ0n) is 8.02. The monoisotopic (exact) mass is 167 g/mol. The van der Waals surface area contributed by atoms with Gasteiger partial charge in [0.1, 0.15) is 0 Å². The van der Waals surface area contributed by atoms with Crippen molar-refractivity contribution in [2.45, 2.75) is 57.4 Å². The van der Waals surface area contributed by atoms with Gasteiger partial charge in [-0.3, -0.25) is 0 Å².